The van der Waals surface area contributed by atoms with Gasteiger partial charge in [0.25, 0.3) is 5.91 Å². The minimum Gasteiger partial charge on any atom is -0.503 e. The van der Waals surface area contributed by atoms with Crippen LogP contribution >= 0.6 is 0 Å². The van der Waals surface area contributed by atoms with Crippen molar-refractivity contribution >= 4 is 28.3 Å². The summed E-state index contributed by atoms with van der Waals surface area (Å²) in [5.74, 6) is -2.09. The lowest BCUT2D eigenvalue weighted by atomic mass is 9.94. The van der Waals surface area contributed by atoms with Gasteiger partial charge in [0.2, 0.25) is 5.78 Å². The number of carbonyl (C=O) groups excluding carboxylic acids is 2. The average molecular weight is 471 g/mol. The second kappa shape index (κ2) is 8.43. The van der Waals surface area contributed by atoms with Gasteiger partial charge in [0.15, 0.2) is 22.9 Å². The van der Waals surface area contributed by atoms with Gasteiger partial charge in [-0.15, -0.1) is 0 Å². The molecule has 0 radical (unpaired) electrons. The molecule has 176 valence electrons. The number of ketones is 1. The van der Waals surface area contributed by atoms with Crippen molar-refractivity contribution in [1.82, 2.24) is 0 Å². The third kappa shape index (κ3) is 3.75. The van der Waals surface area contributed by atoms with E-state index in [4.69, 9.17) is 9.15 Å². The molecule has 1 amide bonds. The second-order valence-electron chi connectivity index (χ2n) is 8.56. The smallest absolute Gasteiger partial charge is 0.294 e. The first-order chi connectivity index (χ1) is 16.8. The SMILES string of the molecule is COc1cccc2cc(C(=O)C3=C(O)C(=O)N(c4cc(C)cc(C)c4)C3c3ccc(F)cc3)oc12. The lowest BCUT2D eigenvalue weighted by Gasteiger charge is -2.27. The number of benzene rings is 3. The van der Waals surface area contributed by atoms with Crippen LogP contribution in [0.2, 0.25) is 0 Å². The van der Waals surface area contributed by atoms with Gasteiger partial charge in [-0.05, 0) is 66.9 Å². The molecule has 1 aromatic heterocycles. The van der Waals surface area contributed by atoms with Crippen LogP contribution in [-0.4, -0.2) is 23.9 Å². The van der Waals surface area contributed by atoms with Crippen LogP contribution in [0.1, 0.15) is 33.3 Å². The number of aryl methyl sites for hydroxylation is 2. The van der Waals surface area contributed by atoms with E-state index in [1.54, 1.807) is 36.4 Å². The van der Waals surface area contributed by atoms with Crippen molar-refractivity contribution in [2.75, 3.05) is 12.0 Å². The topological polar surface area (TPSA) is 80.0 Å². The Labute approximate surface area is 200 Å². The molecule has 0 saturated heterocycles. The van der Waals surface area contributed by atoms with E-state index in [1.165, 1.54) is 36.3 Å². The number of Topliss-reactive ketones (excluding diaryl/α,β-unsaturated/α-hetero) is 1. The maximum absolute atomic E-state index is 13.7. The van der Waals surface area contributed by atoms with Crippen LogP contribution in [0.5, 0.6) is 5.75 Å². The van der Waals surface area contributed by atoms with Gasteiger partial charge in [0.1, 0.15) is 5.82 Å². The standard InChI is InChI=1S/C28H22FNO5/c1-15-11-16(2)13-20(12-15)30-24(17-7-9-19(29)10-8-17)23(26(32)28(30)33)25(31)22-14-18-5-4-6-21(34-3)27(18)35-22/h4-14,24,32H,1-3H3. The molecular formula is C28H22FNO5. The van der Waals surface area contributed by atoms with Crippen LogP contribution in [0, 0.1) is 19.7 Å². The number of ether oxygens (including phenoxy) is 1. The Morgan fingerprint density at radius 2 is 1.71 bits per heavy atom. The molecule has 0 bridgehead atoms. The molecule has 1 unspecified atom stereocenters. The Hall–Kier alpha value is -4.39. The number of aliphatic hydroxyl groups excluding tert-OH is 1. The molecule has 2 heterocycles. The number of anilines is 1. The summed E-state index contributed by atoms with van der Waals surface area (Å²) in [4.78, 5) is 28.4. The van der Waals surface area contributed by atoms with E-state index in [2.05, 4.69) is 0 Å². The Kier molecular flexibility index (Phi) is 5.40. The molecule has 4 aromatic rings. The molecule has 0 aliphatic carbocycles. The Morgan fingerprint density at radius 1 is 1.03 bits per heavy atom. The highest BCUT2D eigenvalue weighted by Crippen LogP contribution is 2.43. The van der Waals surface area contributed by atoms with Crippen molar-refractivity contribution in [3.05, 3.63) is 106 Å². The van der Waals surface area contributed by atoms with Gasteiger partial charge in [-0.3, -0.25) is 14.5 Å². The van der Waals surface area contributed by atoms with Crippen molar-refractivity contribution in [1.29, 1.82) is 0 Å². The first-order valence-electron chi connectivity index (χ1n) is 11.0. The highest BCUT2D eigenvalue weighted by Gasteiger charge is 2.45. The molecule has 1 atom stereocenters. The number of fused-ring (bicyclic) bond motifs is 1. The van der Waals surface area contributed by atoms with Gasteiger partial charge in [0.05, 0.1) is 18.7 Å². The van der Waals surface area contributed by atoms with Crippen LogP contribution in [0.15, 0.2) is 82.5 Å². The number of rotatable bonds is 5. The Morgan fingerprint density at radius 3 is 2.37 bits per heavy atom. The number of nitrogens with zero attached hydrogens (tertiary/aromatic N) is 1. The lowest BCUT2D eigenvalue weighted by molar-refractivity contribution is -0.117. The normalized spacial score (nSPS) is 15.8. The van der Waals surface area contributed by atoms with Gasteiger partial charge >= 0.3 is 0 Å². The van der Waals surface area contributed by atoms with E-state index in [0.29, 0.717) is 28.0 Å². The Balaban J connectivity index is 1.68. The summed E-state index contributed by atoms with van der Waals surface area (Å²) in [6, 6.07) is 16.9. The number of aliphatic hydroxyl groups is 1. The summed E-state index contributed by atoms with van der Waals surface area (Å²) in [5, 5.41) is 11.6. The number of carbonyl (C=O) groups is 2. The van der Waals surface area contributed by atoms with Crippen molar-refractivity contribution in [2.24, 2.45) is 0 Å². The monoisotopic (exact) mass is 471 g/mol. The third-order valence-electron chi connectivity index (χ3n) is 6.07. The average Bonchev–Trinajstić information content (AvgIpc) is 3.38. The highest BCUT2D eigenvalue weighted by atomic mass is 19.1. The number of furan rings is 1. The molecule has 0 spiro atoms. The van der Waals surface area contributed by atoms with Gasteiger partial charge in [0, 0.05) is 11.1 Å². The van der Waals surface area contributed by atoms with Crippen LogP contribution in [0.4, 0.5) is 10.1 Å². The predicted octanol–water partition coefficient (Wildman–Crippen LogP) is 5.98. The quantitative estimate of drug-likeness (QED) is 0.362. The summed E-state index contributed by atoms with van der Waals surface area (Å²) >= 11 is 0. The largest absolute Gasteiger partial charge is 0.503 e. The molecule has 1 N–H and O–H groups in total. The fraction of sp³-hybridized carbons (Fsp3) is 0.143. The fourth-order valence-corrected chi connectivity index (χ4v) is 4.60. The maximum Gasteiger partial charge on any atom is 0.294 e. The minimum absolute atomic E-state index is 0.0479. The van der Waals surface area contributed by atoms with E-state index in [1.807, 2.05) is 19.9 Å². The number of para-hydroxylation sites is 1. The number of hydrogen-bond acceptors (Lipinski definition) is 5. The summed E-state index contributed by atoms with van der Waals surface area (Å²) < 4.78 is 24.9. The molecule has 1 aliphatic rings. The first kappa shape index (κ1) is 22.4. The van der Waals surface area contributed by atoms with Crippen LogP contribution in [-0.2, 0) is 4.79 Å². The van der Waals surface area contributed by atoms with Crippen LogP contribution in [0.3, 0.4) is 0 Å². The lowest BCUT2D eigenvalue weighted by Crippen LogP contribution is -2.31. The number of halogens is 1. The summed E-state index contributed by atoms with van der Waals surface area (Å²) in [6.07, 6.45) is 0. The number of hydrogen-bond donors (Lipinski definition) is 1. The first-order valence-corrected chi connectivity index (χ1v) is 11.0. The van der Waals surface area contributed by atoms with E-state index in [0.717, 1.165) is 11.1 Å². The van der Waals surface area contributed by atoms with Gasteiger partial charge in [-0.1, -0.05) is 30.3 Å². The summed E-state index contributed by atoms with van der Waals surface area (Å²) in [6.45, 7) is 3.79. The maximum atomic E-state index is 13.7. The van der Waals surface area contributed by atoms with Crippen molar-refractivity contribution in [3.63, 3.8) is 0 Å². The second-order valence-corrected chi connectivity index (χ2v) is 8.56. The molecule has 0 fully saturated rings. The summed E-state index contributed by atoms with van der Waals surface area (Å²) in [7, 11) is 1.50. The van der Waals surface area contributed by atoms with Crippen LogP contribution in [0.25, 0.3) is 11.0 Å². The Bertz CT molecular complexity index is 1500. The minimum atomic E-state index is -0.980. The van der Waals surface area contributed by atoms with E-state index in [-0.39, 0.29) is 11.3 Å². The molecule has 35 heavy (non-hydrogen) atoms. The van der Waals surface area contributed by atoms with Crippen molar-refractivity contribution in [3.8, 4) is 5.75 Å². The molecule has 5 rings (SSSR count). The summed E-state index contributed by atoms with van der Waals surface area (Å²) in [5.41, 5.74) is 3.05. The highest BCUT2D eigenvalue weighted by molar-refractivity contribution is 6.20. The number of methoxy groups -OCH3 is 1. The zero-order chi connectivity index (χ0) is 24.9. The predicted molar refractivity (Wildman–Crippen MR) is 129 cm³/mol. The van der Waals surface area contributed by atoms with Gasteiger partial charge < -0.3 is 14.3 Å². The molecule has 0 saturated carbocycles. The van der Waals surface area contributed by atoms with Crippen molar-refractivity contribution in [2.45, 2.75) is 19.9 Å². The van der Waals surface area contributed by atoms with E-state index in [9.17, 15) is 19.1 Å². The fourth-order valence-electron chi connectivity index (χ4n) is 4.60. The molecule has 1 aliphatic heterocycles. The molecule has 3 aromatic carbocycles. The van der Waals surface area contributed by atoms with Gasteiger partial charge in [-0.25, -0.2) is 4.39 Å². The third-order valence-corrected chi connectivity index (χ3v) is 6.07. The van der Waals surface area contributed by atoms with Gasteiger partial charge in [-0.2, -0.15) is 0 Å². The zero-order valence-electron chi connectivity index (χ0n) is 19.3. The molecule has 7 heteroatoms. The molecular weight excluding hydrogens is 449 g/mol. The van der Waals surface area contributed by atoms with Crippen molar-refractivity contribution < 1.29 is 28.2 Å². The van der Waals surface area contributed by atoms with E-state index < -0.39 is 29.3 Å². The molecule has 6 nitrogen and oxygen atoms in total. The number of amides is 1. The zero-order valence-corrected chi connectivity index (χ0v) is 19.3. The van der Waals surface area contributed by atoms with E-state index >= 15 is 0 Å². The van der Waals surface area contributed by atoms with Crippen LogP contribution < -0.4 is 9.64 Å².